The van der Waals surface area contributed by atoms with E-state index in [1.807, 2.05) is 30.3 Å². The molecule has 1 aromatic heterocycles. The van der Waals surface area contributed by atoms with Crippen LogP contribution in [0.1, 0.15) is 28.9 Å². The fraction of sp³-hybridized carbons (Fsp3) is 0.292. The van der Waals surface area contributed by atoms with E-state index in [2.05, 4.69) is 15.5 Å². The Bertz CT molecular complexity index is 1190. The number of hydrogen-bond acceptors (Lipinski definition) is 4. The van der Waals surface area contributed by atoms with E-state index in [1.54, 1.807) is 6.07 Å². The quantitative estimate of drug-likeness (QED) is 0.511. The number of nitrogens with zero attached hydrogens (tertiary/aromatic N) is 2. The van der Waals surface area contributed by atoms with E-state index in [1.165, 1.54) is 4.90 Å². The third-order valence-corrected chi connectivity index (χ3v) is 5.64. The van der Waals surface area contributed by atoms with Crippen molar-refractivity contribution in [1.29, 1.82) is 0 Å². The van der Waals surface area contributed by atoms with Crippen LogP contribution in [0.2, 0.25) is 0 Å². The second-order valence-corrected chi connectivity index (χ2v) is 8.06. The molecule has 0 unspecified atom stereocenters. The average molecular weight is 490 g/mol. The van der Waals surface area contributed by atoms with Gasteiger partial charge < -0.3 is 15.0 Å². The monoisotopic (exact) mass is 490 g/mol. The van der Waals surface area contributed by atoms with Crippen LogP contribution in [0.5, 0.6) is 5.75 Å². The van der Waals surface area contributed by atoms with Gasteiger partial charge in [0.25, 0.3) is 5.91 Å². The molecule has 7 nitrogen and oxygen atoms in total. The SMILES string of the molecule is O=C(NCC(=O)N1CCC(Oc2cc(C(F)(F)F)ccc2F)CC1)c1cc(-c2ccccc2)n[nH]1. The molecular formula is C24H22F4N4O3. The molecule has 1 saturated heterocycles. The van der Waals surface area contributed by atoms with Gasteiger partial charge in [0.1, 0.15) is 11.8 Å². The fourth-order valence-electron chi connectivity index (χ4n) is 3.73. The second kappa shape index (κ2) is 10.2. The zero-order valence-corrected chi connectivity index (χ0v) is 18.4. The first-order valence-electron chi connectivity index (χ1n) is 10.9. The van der Waals surface area contributed by atoms with E-state index in [0.717, 1.165) is 11.6 Å². The van der Waals surface area contributed by atoms with Gasteiger partial charge in [-0.05, 0) is 24.3 Å². The van der Waals surface area contributed by atoms with Crippen molar-refractivity contribution in [3.05, 3.63) is 71.7 Å². The molecule has 2 aromatic carbocycles. The van der Waals surface area contributed by atoms with Gasteiger partial charge in [0, 0.05) is 31.5 Å². The van der Waals surface area contributed by atoms with Crippen LogP contribution in [0.15, 0.2) is 54.6 Å². The molecule has 11 heteroatoms. The largest absolute Gasteiger partial charge is 0.487 e. The first-order chi connectivity index (χ1) is 16.7. The lowest BCUT2D eigenvalue weighted by atomic mass is 10.1. The van der Waals surface area contributed by atoms with Gasteiger partial charge in [0.05, 0.1) is 17.8 Å². The number of benzene rings is 2. The summed E-state index contributed by atoms with van der Waals surface area (Å²) in [5, 5.41) is 9.31. The number of hydrogen-bond donors (Lipinski definition) is 2. The molecule has 1 aliphatic heterocycles. The normalized spacial score (nSPS) is 14.6. The van der Waals surface area contributed by atoms with E-state index in [0.29, 0.717) is 30.7 Å². The molecule has 0 saturated carbocycles. The number of H-pyrrole nitrogens is 1. The fourth-order valence-corrected chi connectivity index (χ4v) is 3.73. The third kappa shape index (κ3) is 5.97. The highest BCUT2D eigenvalue weighted by Gasteiger charge is 2.32. The second-order valence-electron chi connectivity index (χ2n) is 8.06. The van der Waals surface area contributed by atoms with Gasteiger partial charge in [0.2, 0.25) is 5.91 Å². The van der Waals surface area contributed by atoms with E-state index in [-0.39, 0.29) is 31.2 Å². The van der Waals surface area contributed by atoms with Crippen LogP contribution in [-0.4, -0.2) is 52.6 Å². The van der Waals surface area contributed by atoms with Crippen LogP contribution >= 0.6 is 0 Å². The Morgan fingerprint density at radius 1 is 1.09 bits per heavy atom. The Hall–Kier alpha value is -3.89. The number of rotatable bonds is 6. The number of alkyl halides is 3. The number of piperidine rings is 1. The maximum atomic E-state index is 13.9. The maximum Gasteiger partial charge on any atom is 0.416 e. The Labute approximate surface area is 198 Å². The highest BCUT2D eigenvalue weighted by Crippen LogP contribution is 2.33. The zero-order valence-electron chi connectivity index (χ0n) is 18.4. The molecular weight excluding hydrogens is 468 g/mol. The Morgan fingerprint density at radius 3 is 2.49 bits per heavy atom. The minimum absolute atomic E-state index is 0.215. The van der Waals surface area contributed by atoms with Crippen LogP contribution in [-0.2, 0) is 11.0 Å². The molecule has 0 bridgehead atoms. The predicted molar refractivity (Wildman–Crippen MR) is 118 cm³/mol. The summed E-state index contributed by atoms with van der Waals surface area (Å²) in [7, 11) is 0. The van der Waals surface area contributed by atoms with Crippen LogP contribution in [0.4, 0.5) is 17.6 Å². The number of likely N-dealkylation sites (tertiary alicyclic amines) is 1. The highest BCUT2D eigenvalue weighted by atomic mass is 19.4. The first-order valence-corrected chi connectivity index (χ1v) is 10.9. The molecule has 0 atom stereocenters. The van der Waals surface area contributed by atoms with Crippen molar-refractivity contribution in [3.63, 3.8) is 0 Å². The summed E-state index contributed by atoms with van der Waals surface area (Å²) in [6.45, 7) is 0.302. The number of ether oxygens (including phenoxy) is 1. The lowest BCUT2D eigenvalue weighted by Gasteiger charge is -2.32. The standard InChI is InChI=1S/C24H22F4N4O3/c25-18-7-6-16(24(26,27)28)12-21(18)35-17-8-10-32(11-9-17)22(33)14-29-23(34)20-13-19(30-31-20)15-4-2-1-3-5-15/h1-7,12-13,17H,8-11,14H2,(H,29,34)(H,30,31). The Kier molecular flexibility index (Phi) is 7.04. The summed E-state index contributed by atoms with van der Waals surface area (Å²) in [5.41, 5.74) is 0.660. The molecule has 3 aromatic rings. The van der Waals surface area contributed by atoms with Gasteiger partial charge in [-0.3, -0.25) is 14.7 Å². The first kappa shape index (κ1) is 24.2. The minimum atomic E-state index is -4.61. The summed E-state index contributed by atoms with van der Waals surface area (Å²) >= 11 is 0. The molecule has 0 aliphatic carbocycles. The minimum Gasteiger partial charge on any atom is -0.487 e. The lowest BCUT2D eigenvalue weighted by Crippen LogP contribution is -2.46. The lowest BCUT2D eigenvalue weighted by molar-refractivity contribution is -0.138. The van der Waals surface area contributed by atoms with Gasteiger partial charge in [-0.25, -0.2) is 4.39 Å². The molecule has 1 aliphatic rings. The van der Waals surface area contributed by atoms with Crippen LogP contribution in [0, 0.1) is 5.82 Å². The molecule has 0 radical (unpaired) electrons. The van der Waals surface area contributed by atoms with Crippen molar-refractivity contribution < 1.29 is 31.9 Å². The van der Waals surface area contributed by atoms with Crippen molar-refractivity contribution in [1.82, 2.24) is 20.4 Å². The van der Waals surface area contributed by atoms with Crippen molar-refractivity contribution in [2.24, 2.45) is 0 Å². The third-order valence-electron chi connectivity index (χ3n) is 5.64. The van der Waals surface area contributed by atoms with Gasteiger partial charge in [-0.15, -0.1) is 0 Å². The highest BCUT2D eigenvalue weighted by molar-refractivity contribution is 5.95. The van der Waals surface area contributed by atoms with Crippen LogP contribution in [0.3, 0.4) is 0 Å². The summed E-state index contributed by atoms with van der Waals surface area (Å²) in [6.07, 6.45) is -4.51. The summed E-state index contributed by atoms with van der Waals surface area (Å²) in [6, 6.07) is 12.9. The Balaban J connectivity index is 1.25. The van der Waals surface area contributed by atoms with E-state index in [9.17, 15) is 27.2 Å². The molecule has 184 valence electrons. The zero-order chi connectivity index (χ0) is 25.0. The van der Waals surface area contributed by atoms with Crippen LogP contribution < -0.4 is 10.1 Å². The van der Waals surface area contributed by atoms with Crippen molar-refractivity contribution in [3.8, 4) is 17.0 Å². The van der Waals surface area contributed by atoms with Gasteiger partial charge in [0.15, 0.2) is 11.6 Å². The number of aromatic nitrogens is 2. The smallest absolute Gasteiger partial charge is 0.416 e. The molecule has 35 heavy (non-hydrogen) atoms. The molecule has 4 rings (SSSR count). The van der Waals surface area contributed by atoms with Crippen molar-refractivity contribution in [2.45, 2.75) is 25.1 Å². The molecule has 2 N–H and O–H groups in total. The molecule has 1 fully saturated rings. The maximum absolute atomic E-state index is 13.9. The van der Waals surface area contributed by atoms with Crippen molar-refractivity contribution in [2.75, 3.05) is 19.6 Å². The topological polar surface area (TPSA) is 87.3 Å². The Morgan fingerprint density at radius 2 is 1.80 bits per heavy atom. The predicted octanol–water partition coefficient (Wildman–Crippen LogP) is 4.03. The molecule has 2 amide bonds. The molecule has 0 spiro atoms. The number of nitrogens with one attached hydrogen (secondary N) is 2. The van der Waals surface area contributed by atoms with Crippen LogP contribution in [0.25, 0.3) is 11.3 Å². The number of aromatic amines is 1. The summed E-state index contributed by atoms with van der Waals surface area (Å²) in [4.78, 5) is 26.4. The number of amides is 2. The van der Waals surface area contributed by atoms with E-state index >= 15 is 0 Å². The average Bonchev–Trinajstić information content (AvgIpc) is 3.34. The summed E-state index contributed by atoms with van der Waals surface area (Å²) < 4.78 is 58.0. The number of carbonyl (C=O) groups excluding carboxylic acids is 2. The van der Waals surface area contributed by atoms with Gasteiger partial charge in [-0.2, -0.15) is 18.3 Å². The number of carbonyl (C=O) groups is 2. The van der Waals surface area contributed by atoms with Crippen molar-refractivity contribution >= 4 is 11.8 Å². The molecule has 2 heterocycles. The summed E-state index contributed by atoms with van der Waals surface area (Å²) in [5.74, 6) is -2.14. The van der Waals surface area contributed by atoms with E-state index < -0.39 is 35.3 Å². The number of halogens is 4. The van der Waals surface area contributed by atoms with Gasteiger partial charge >= 0.3 is 6.18 Å². The van der Waals surface area contributed by atoms with Gasteiger partial charge in [-0.1, -0.05) is 30.3 Å². The van der Waals surface area contributed by atoms with E-state index in [4.69, 9.17) is 4.74 Å².